The zero-order valence-corrected chi connectivity index (χ0v) is 12.5. The van der Waals surface area contributed by atoms with Crippen LogP contribution < -0.4 is 10.5 Å². The Morgan fingerprint density at radius 3 is 2.42 bits per heavy atom. The summed E-state index contributed by atoms with van der Waals surface area (Å²) in [6, 6.07) is 5.09. The molecule has 1 amide bonds. The smallest absolute Gasteiger partial charge is 0.269 e. The number of nitro groups is 1. The second-order valence-corrected chi connectivity index (χ2v) is 5.41. The number of primary amides is 1. The maximum absolute atomic E-state index is 11.2. The summed E-state index contributed by atoms with van der Waals surface area (Å²) in [5.74, 6) is -1.49. The van der Waals surface area contributed by atoms with Gasteiger partial charge in [0.1, 0.15) is 18.0 Å². The number of benzene rings is 1. The Kier molecular flexibility index (Phi) is 5.67. The number of nitrogens with two attached hydrogens (primary N) is 1. The number of hydrogen-bond acceptors (Lipinski definition) is 8. The zero-order chi connectivity index (χ0) is 17.9. The number of aliphatic hydroxyl groups excluding tert-OH is 3. The van der Waals surface area contributed by atoms with Crippen molar-refractivity contribution in [3.8, 4) is 5.75 Å². The SMILES string of the molecule is NC(=O)C[C@@H]1[C@@H](Oc2ccc([N+](=O)[O-])cc2)O[C@H](CO)[C@@H](O)[C@@H]1O. The lowest BCUT2D eigenvalue weighted by Crippen LogP contribution is -2.57. The summed E-state index contributed by atoms with van der Waals surface area (Å²) in [6.45, 7) is -0.568. The number of rotatable bonds is 6. The Hall–Kier alpha value is -2.27. The van der Waals surface area contributed by atoms with Crippen LogP contribution in [0.1, 0.15) is 6.42 Å². The Bertz CT molecular complexity index is 593. The summed E-state index contributed by atoms with van der Waals surface area (Å²) in [5.41, 5.74) is 5.00. The average Bonchev–Trinajstić information content (AvgIpc) is 2.54. The molecule has 10 heteroatoms. The largest absolute Gasteiger partial charge is 0.465 e. The summed E-state index contributed by atoms with van der Waals surface area (Å²) in [5, 5.41) is 39.9. The van der Waals surface area contributed by atoms with Crippen molar-refractivity contribution in [2.24, 2.45) is 11.7 Å². The van der Waals surface area contributed by atoms with Gasteiger partial charge in [0.05, 0.1) is 23.6 Å². The molecule has 2 rings (SSSR count). The number of nitrogens with zero attached hydrogens (tertiary/aromatic N) is 1. The second kappa shape index (κ2) is 7.53. The van der Waals surface area contributed by atoms with Crippen LogP contribution in [0.15, 0.2) is 24.3 Å². The minimum Gasteiger partial charge on any atom is -0.465 e. The van der Waals surface area contributed by atoms with Crippen LogP contribution in [0.2, 0.25) is 0 Å². The van der Waals surface area contributed by atoms with E-state index in [0.29, 0.717) is 0 Å². The summed E-state index contributed by atoms with van der Waals surface area (Å²) in [7, 11) is 0. The Labute approximate surface area is 136 Å². The van der Waals surface area contributed by atoms with E-state index in [1.165, 1.54) is 24.3 Å². The molecule has 0 unspecified atom stereocenters. The zero-order valence-electron chi connectivity index (χ0n) is 12.5. The molecule has 1 aromatic rings. The van der Waals surface area contributed by atoms with Crippen LogP contribution in [0.25, 0.3) is 0 Å². The highest BCUT2D eigenvalue weighted by atomic mass is 16.7. The molecule has 0 bridgehead atoms. The molecule has 0 radical (unpaired) electrons. The normalized spacial score (nSPS) is 29.9. The van der Waals surface area contributed by atoms with E-state index in [2.05, 4.69) is 0 Å². The van der Waals surface area contributed by atoms with Gasteiger partial charge >= 0.3 is 0 Å². The lowest BCUT2D eigenvalue weighted by atomic mass is 9.88. The first-order valence-electron chi connectivity index (χ1n) is 7.15. The van der Waals surface area contributed by atoms with Gasteiger partial charge in [-0.15, -0.1) is 0 Å². The molecular weight excluding hydrogens is 324 g/mol. The van der Waals surface area contributed by atoms with E-state index in [0.717, 1.165) is 0 Å². The predicted octanol–water partition coefficient (Wildman–Crippen LogP) is -1.10. The van der Waals surface area contributed by atoms with E-state index >= 15 is 0 Å². The van der Waals surface area contributed by atoms with Gasteiger partial charge in [0, 0.05) is 18.6 Å². The molecule has 1 aliphatic rings. The molecule has 1 aliphatic heterocycles. The van der Waals surface area contributed by atoms with Gasteiger partial charge in [-0.2, -0.15) is 0 Å². The van der Waals surface area contributed by atoms with E-state index < -0.39 is 48.0 Å². The molecule has 0 aromatic heterocycles. The van der Waals surface area contributed by atoms with Crippen LogP contribution in [0.3, 0.4) is 0 Å². The van der Waals surface area contributed by atoms with Crippen LogP contribution in [0, 0.1) is 16.0 Å². The lowest BCUT2D eigenvalue weighted by Gasteiger charge is -2.41. The van der Waals surface area contributed by atoms with Crippen molar-refractivity contribution < 1.29 is 34.5 Å². The van der Waals surface area contributed by atoms with Crippen LogP contribution >= 0.6 is 0 Å². The molecule has 0 spiro atoms. The quantitative estimate of drug-likeness (QED) is 0.373. The molecule has 1 fully saturated rings. The number of carbonyl (C=O) groups excluding carboxylic acids is 1. The topological polar surface area (TPSA) is 165 Å². The third-order valence-electron chi connectivity index (χ3n) is 3.74. The monoisotopic (exact) mass is 342 g/mol. The first kappa shape index (κ1) is 18.1. The van der Waals surface area contributed by atoms with Gasteiger partial charge in [0.15, 0.2) is 0 Å². The molecule has 1 heterocycles. The molecule has 0 saturated carbocycles. The van der Waals surface area contributed by atoms with Crippen LogP contribution in [-0.2, 0) is 9.53 Å². The third-order valence-corrected chi connectivity index (χ3v) is 3.74. The van der Waals surface area contributed by atoms with E-state index in [-0.39, 0.29) is 17.9 Å². The Morgan fingerprint density at radius 1 is 1.29 bits per heavy atom. The van der Waals surface area contributed by atoms with E-state index in [4.69, 9.17) is 15.2 Å². The number of nitro benzene ring substituents is 1. The van der Waals surface area contributed by atoms with Gasteiger partial charge in [-0.25, -0.2) is 0 Å². The highest BCUT2D eigenvalue weighted by Crippen LogP contribution is 2.31. The fourth-order valence-electron chi connectivity index (χ4n) is 2.48. The van der Waals surface area contributed by atoms with Crippen molar-refractivity contribution in [3.05, 3.63) is 34.4 Å². The fraction of sp³-hybridized carbons (Fsp3) is 0.500. The van der Waals surface area contributed by atoms with Crippen LogP contribution in [0.5, 0.6) is 5.75 Å². The summed E-state index contributed by atoms with van der Waals surface area (Å²) in [6.07, 6.45) is -5.39. The maximum atomic E-state index is 11.2. The predicted molar refractivity (Wildman–Crippen MR) is 78.8 cm³/mol. The molecule has 0 aliphatic carbocycles. The Balaban J connectivity index is 2.19. The van der Waals surface area contributed by atoms with Crippen molar-refractivity contribution in [1.82, 2.24) is 0 Å². The highest BCUT2D eigenvalue weighted by molar-refractivity contribution is 5.74. The molecule has 5 atom stereocenters. The van der Waals surface area contributed by atoms with Crippen LogP contribution in [-0.4, -0.2) is 57.4 Å². The van der Waals surface area contributed by atoms with Gasteiger partial charge in [-0.3, -0.25) is 14.9 Å². The minimum absolute atomic E-state index is 0.135. The number of ether oxygens (including phenoxy) is 2. The Morgan fingerprint density at radius 2 is 1.92 bits per heavy atom. The van der Waals surface area contributed by atoms with Crippen molar-refractivity contribution in [1.29, 1.82) is 0 Å². The van der Waals surface area contributed by atoms with E-state index in [1.54, 1.807) is 0 Å². The molecule has 24 heavy (non-hydrogen) atoms. The lowest BCUT2D eigenvalue weighted by molar-refractivity contribution is -0.384. The molecule has 1 aromatic carbocycles. The summed E-state index contributed by atoms with van der Waals surface area (Å²) in [4.78, 5) is 21.2. The fourth-order valence-corrected chi connectivity index (χ4v) is 2.48. The molecule has 132 valence electrons. The van der Waals surface area contributed by atoms with Crippen LogP contribution in [0.4, 0.5) is 5.69 Å². The molecular formula is C14H18N2O8. The van der Waals surface area contributed by atoms with Gasteiger partial charge in [0.25, 0.3) is 5.69 Å². The maximum Gasteiger partial charge on any atom is 0.269 e. The summed E-state index contributed by atoms with van der Waals surface area (Å²) >= 11 is 0. The van der Waals surface area contributed by atoms with Crippen molar-refractivity contribution in [3.63, 3.8) is 0 Å². The molecule has 5 N–H and O–H groups in total. The standard InChI is InChI=1S/C14H18N2O8/c15-11(18)5-9-12(19)13(20)10(6-17)24-14(9)23-8-3-1-7(2-4-8)16(21)22/h1-4,9-10,12-14,17,19-20H,5-6H2,(H2,15,18)/t9-,10+,12+,13+,14-/m0/s1. The summed E-state index contributed by atoms with van der Waals surface area (Å²) < 4.78 is 10.9. The van der Waals surface area contributed by atoms with E-state index in [1.807, 2.05) is 0 Å². The van der Waals surface area contributed by atoms with Crippen molar-refractivity contribution >= 4 is 11.6 Å². The number of carbonyl (C=O) groups is 1. The highest BCUT2D eigenvalue weighted by Gasteiger charge is 2.46. The van der Waals surface area contributed by atoms with Crippen molar-refractivity contribution in [2.75, 3.05) is 6.61 Å². The first-order chi connectivity index (χ1) is 11.3. The van der Waals surface area contributed by atoms with Crippen molar-refractivity contribution in [2.45, 2.75) is 31.0 Å². The second-order valence-electron chi connectivity index (χ2n) is 5.41. The number of non-ortho nitro benzene ring substituents is 1. The average molecular weight is 342 g/mol. The van der Waals surface area contributed by atoms with Gasteiger partial charge < -0.3 is 30.5 Å². The number of aliphatic hydroxyl groups is 3. The number of hydrogen-bond donors (Lipinski definition) is 4. The van der Waals surface area contributed by atoms with E-state index in [9.17, 15) is 30.2 Å². The van der Waals surface area contributed by atoms with Gasteiger partial charge in [0.2, 0.25) is 12.2 Å². The molecule has 1 saturated heterocycles. The third kappa shape index (κ3) is 3.97. The van der Waals surface area contributed by atoms with Gasteiger partial charge in [-0.05, 0) is 12.1 Å². The molecule has 10 nitrogen and oxygen atoms in total. The first-order valence-corrected chi connectivity index (χ1v) is 7.15. The minimum atomic E-state index is -1.41. The number of amides is 1. The van der Waals surface area contributed by atoms with Gasteiger partial charge in [-0.1, -0.05) is 0 Å².